The van der Waals surface area contributed by atoms with E-state index in [1.54, 1.807) is 0 Å². The number of carbonyl (C=O) groups is 2. The third-order valence-electron chi connectivity index (χ3n) is 2.44. The lowest BCUT2D eigenvalue weighted by Gasteiger charge is -2.30. The molecule has 0 N–H and O–H groups in total. The fourth-order valence-electron chi connectivity index (χ4n) is 1.39. The second-order valence-electron chi connectivity index (χ2n) is 3.71. The van der Waals surface area contributed by atoms with E-state index in [-0.39, 0.29) is 6.08 Å². The Kier molecular flexibility index (Phi) is 3.38. The Bertz CT molecular complexity index is 496. The molecule has 0 aromatic carbocycles. The van der Waals surface area contributed by atoms with E-state index in [0.717, 1.165) is 0 Å². The van der Waals surface area contributed by atoms with E-state index in [4.69, 9.17) is 0 Å². The summed E-state index contributed by atoms with van der Waals surface area (Å²) in [6, 6.07) is 0. The number of halogens is 7. The number of ketones is 2. The smallest absolute Gasteiger partial charge is 0.290 e. The van der Waals surface area contributed by atoms with E-state index in [1.807, 2.05) is 0 Å². The minimum atomic E-state index is -6.56. The largest absolute Gasteiger partial charge is 0.460 e. The van der Waals surface area contributed by atoms with Crippen LogP contribution in [0, 0.1) is 0 Å². The zero-order chi connectivity index (χ0) is 15.2. The van der Waals surface area contributed by atoms with Crippen molar-refractivity contribution < 1.29 is 40.3 Å². The molecule has 2 nitrogen and oxygen atoms in total. The van der Waals surface area contributed by atoms with Crippen LogP contribution in [-0.4, -0.2) is 29.6 Å². The molecule has 19 heavy (non-hydrogen) atoms. The standard InChI is InChI=1S/C10H5F7O2/c1-4-5(18)2-3-6(19)7(4)8(11,12)9(13,14)10(15,16)17/h2-3H,1H3. The van der Waals surface area contributed by atoms with Gasteiger partial charge >= 0.3 is 18.0 Å². The molecular weight excluding hydrogens is 285 g/mol. The molecule has 0 bridgehead atoms. The van der Waals surface area contributed by atoms with Crippen LogP contribution in [0.4, 0.5) is 30.7 Å². The highest BCUT2D eigenvalue weighted by molar-refractivity contribution is 6.20. The predicted octanol–water partition coefficient (Wildman–Crippen LogP) is 2.84. The molecule has 0 saturated carbocycles. The summed E-state index contributed by atoms with van der Waals surface area (Å²) in [5.41, 5.74) is -3.27. The van der Waals surface area contributed by atoms with Crippen LogP contribution in [0.3, 0.4) is 0 Å². The van der Waals surface area contributed by atoms with Gasteiger partial charge in [0, 0.05) is 5.57 Å². The third kappa shape index (κ3) is 2.17. The van der Waals surface area contributed by atoms with Gasteiger partial charge in [-0.2, -0.15) is 30.7 Å². The molecule has 0 radical (unpaired) electrons. The Balaban J connectivity index is 3.47. The van der Waals surface area contributed by atoms with Crippen LogP contribution in [0.5, 0.6) is 0 Å². The van der Waals surface area contributed by atoms with Crippen LogP contribution in [0.2, 0.25) is 0 Å². The second-order valence-corrected chi connectivity index (χ2v) is 3.71. The summed E-state index contributed by atoms with van der Waals surface area (Å²) in [6.45, 7) is 0.583. The predicted molar refractivity (Wildman–Crippen MR) is 47.8 cm³/mol. The molecule has 1 rings (SSSR count). The van der Waals surface area contributed by atoms with Crippen LogP contribution in [0.15, 0.2) is 23.3 Å². The molecule has 1 aliphatic carbocycles. The Morgan fingerprint density at radius 3 is 1.68 bits per heavy atom. The number of hydrogen-bond donors (Lipinski definition) is 0. The quantitative estimate of drug-likeness (QED) is 0.579. The van der Waals surface area contributed by atoms with Crippen molar-refractivity contribution >= 4 is 11.6 Å². The van der Waals surface area contributed by atoms with Crippen molar-refractivity contribution in [1.29, 1.82) is 0 Å². The Morgan fingerprint density at radius 1 is 0.842 bits per heavy atom. The number of hydrogen-bond acceptors (Lipinski definition) is 2. The van der Waals surface area contributed by atoms with Gasteiger partial charge in [0.25, 0.3) is 0 Å². The van der Waals surface area contributed by atoms with E-state index < -0.39 is 40.7 Å². The number of alkyl halides is 7. The first-order valence-corrected chi connectivity index (χ1v) is 4.64. The molecule has 0 aromatic rings. The Hall–Kier alpha value is -1.67. The van der Waals surface area contributed by atoms with E-state index in [1.165, 1.54) is 0 Å². The molecule has 0 heterocycles. The monoisotopic (exact) mass is 290 g/mol. The molecule has 0 amide bonds. The van der Waals surface area contributed by atoms with E-state index in [0.29, 0.717) is 13.0 Å². The van der Waals surface area contributed by atoms with Gasteiger partial charge in [0.15, 0.2) is 11.6 Å². The van der Waals surface area contributed by atoms with Crippen molar-refractivity contribution in [2.45, 2.75) is 24.9 Å². The van der Waals surface area contributed by atoms with Crippen molar-refractivity contribution in [2.24, 2.45) is 0 Å². The maximum atomic E-state index is 13.3. The molecule has 106 valence electrons. The topological polar surface area (TPSA) is 34.1 Å². The summed E-state index contributed by atoms with van der Waals surface area (Å²) in [5, 5.41) is 0. The van der Waals surface area contributed by atoms with Crippen LogP contribution in [0.25, 0.3) is 0 Å². The molecule has 0 atom stereocenters. The Labute approximate surface area is 101 Å². The zero-order valence-electron chi connectivity index (χ0n) is 9.12. The second kappa shape index (κ2) is 4.17. The van der Waals surface area contributed by atoms with Crippen molar-refractivity contribution in [3.8, 4) is 0 Å². The van der Waals surface area contributed by atoms with E-state index in [2.05, 4.69) is 0 Å². The summed E-state index contributed by atoms with van der Waals surface area (Å²) in [5.74, 6) is -15.3. The van der Waals surface area contributed by atoms with Crippen LogP contribution >= 0.6 is 0 Å². The third-order valence-corrected chi connectivity index (χ3v) is 2.44. The van der Waals surface area contributed by atoms with Crippen LogP contribution in [-0.2, 0) is 9.59 Å². The van der Waals surface area contributed by atoms with E-state index >= 15 is 0 Å². The summed E-state index contributed by atoms with van der Waals surface area (Å²) >= 11 is 0. The minimum Gasteiger partial charge on any atom is -0.290 e. The molecule has 0 spiro atoms. The van der Waals surface area contributed by atoms with Crippen LogP contribution in [0.1, 0.15) is 6.92 Å². The molecule has 0 aromatic heterocycles. The average molecular weight is 290 g/mol. The molecule has 9 heteroatoms. The van der Waals surface area contributed by atoms with Gasteiger partial charge in [-0.15, -0.1) is 0 Å². The molecule has 0 unspecified atom stereocenters. The summed E-state index contributed by atoms with van der Waals surface area (Å²) in [4.78, 5) is 22.1. The molecule has 0 saturated heterocycles. The first-order chi connectivity index (χ1) is 8.34. The van der Waals surface area contributed by atoms with Crippen molar-refractivity contribution in [1.82, 2.24) is 0 Å². The lowest BCUT2D eigenvalue weighted by Crippen LogP contribution is -2.54. The van der Waals surface area contributed by atoms with Gasteiger partial charge in [-0.25, -0.2) is 0 Å². The summed E-state index contributed by atoms with van der Waals surface area (Å²) in [7, 11) is 0. The van der Waals surface area contributed by atoms with Gasteiger partial charge in [0.05, 0.1) is 5.57 Å². The minimum absolute atomic E-state index is 0.227. The molecular formula is C10H5F7O2. The molecule has 1 aliphatic rings. The van der Waals surface area contributed by atoms with E-state index in [9.17, 15) is 40.3 Å². The molecule has 0 aliphatic heterocycles. The normalized spacial score (nSPS) is 18.3. The SMILES string of the molecule is CC1=C(C(F)(F)C(F)(F)C(F)(F)F)C(=O)C=CC1=O. The van der Waals surface area contributed by atoms with Gasteiger partial charge in [-0.3, -0.25) is 9.59 Å². The Morgan fingerprint density at radius 2 is 1.26 bits per heavy atom. The highest BCUT2D eigenvalue weighted by Crippen LogP contribution is 2.51. The number of carbonyl (C=O) groups excluding carboxylic acids is 2. The number of allylic oxidation sites excluding steroid dienone is 4. The average Bonchev–Trinajstić information content (AvgIpc) is 2.22. The highest BCUT2D eigenvalue weighted by Gasteiger charge is 2.75. The summed E-state index contributed by atoms with van der Waals surface area (Å²) in [6.07, 6.45) is -5.82. The van der Waals surface area contributed by atoms with Gasteiger partial charge in [0.1, 0.15) is 0 Å². The first kappa shape index (κ1) is 15.4. The summed E-state index contributed by atoms with van der Waals surface area (Å²) < 4.78 is 88.1. The zero-order valence-corrected chi connectivity index (χ0v) is 9.12. The van der Waals surface area contributed by atoms with Gasteiger partial charge < -0.3 is 0 Å². The lowest BCUT2D eigenvalue weighted by atomic mass is 9.88. The van der Waals surface area contributed by atoms with Gasteiger partial charge in [-0.05, 0) is 19.1 Å². The van der Waals surface area contributed by atoms with Gasteiger partial charge in [-0.1, -0.05) is 0 Å². The fourth-order valence-corrected chi connectivity index (χ4v) is 1.39. The number of rotatable bonds is 2. The van der Waals surface area contributed by atoms with Crippen molar-refractivity contribution in [3.63, 3.8) is 0 Å². The van der Waals surface area contributed by atoms with Crippen LogP contribution < -0.4 is 0 Å². The molecule has 0 fully saturated rings. The maximum Gasteiger partial charge on any atom is 0.460 e. The van der Waals surface area contributed by atoms with Gasteiger partial charge in [0.2, 0.25) is 0 Å². The highest BCUT2D eigenvalue weighted by atomic mass is 19.4. The lowest BCUT2D eigenvalue weighted by molar-refractivity contribution is -0.343. The van der Waals surface area contributed by atoms with Crippen molar-refractivity contribution in [2.75, 3.05) is 0 Å². The van der Waals surface area contributed by atoms with Crippen molar-refractivity contribution in [3.05, 3.63) is 23.3 Å². The fraction of sp³-hybridized carbons (Fsp3) is 0.400. The first-order valence-electron chi connectivity index (χ1n) is 4.64. The maximum absolute atomic E-state index is 13.3.